The summed E-state index contributed by atoms with van der Waals surface area (Å²) < 4.78 is 32.8. The van der Waals surface area contributed by atoms with Crippen molar-refractivity contribution >= 4 is 11.6 Å². The minimum absolute atomic E-state index is 0.0727. The van der Waals surface area contributed by atoms with Crippen molar-refractivity contribution in [3.05, 3.63) is 23.8 Å². The topological polar surface area (TPSA) is 74.6 Å². The van der Waals surface area contributed by atoms with E-state index in [1.807, 2.05) is 0 Å². The normalized spacial score (nSPS) is 54.8. The minimum atomic E-state index is -2.24. The molecule has 0 amide bonds. The highest BCUT2D eigenvalue weighted by molar-refractivity contribution is 6.01. The highest BCUT2D eigenvalue weighted by Crippen LogP contribution is 2.75. The summed E-state index contributed by atoms with van der Waals surface area (Å²) >= 11 is 0. The lowest BCUT2D eigenvalue weighted by molar-refractivity contribution is -0.260. The van der Waals surface area contributed by atoms with Gasteiger partial charge in [-0.2, -0.15) is 0 Å². The van der Waals surface area contributed by atoms with Crippen LogP contribution in [0.4, 0.5) is 8.78 Å². The molecule has 0 saturated heterocycles. The SMILES string of the molecule is CCC(=O)[C@@]1(O)C(C)C[C@H]2[C@]3(C)C[C@H](F)C4=CC(=O)C=C[C@]4(C)[C@@]3(F)[C@@H](O)C[C@@]21C. The molecule has 0 spiro atoms. The Kier molecular flexibility index (Phi) is 4.43. The van der Waals surface area contributed by atoms with Gasteiger partial charge in [-0.25, -0.2) is 8.78 Å². The van der Waals surface area contributed by atoms with Crippen LogP contribution in [0.1, 0.15) is 60.3 Å². The predicted molar refractivity (Wildman–Crippen MR) is 108 cm³/mol. The fourth-order valence-corrected chi connectivity index (χ4v) is 8.07. The molecule has 0 radical (unpaired) electrons. The van der Waals surface area contributed by atoms with Crippen LogP contribution in [0.5, 0.6) is 0 Å². The van der Waals surface area contributed by atoms with Crippen molar-refractivity contribution < 1.29 is 28.6 Å². The molecule has 166 valence electrons. The van der Waals surface area contributed by atoms with Gasteiger partial charge >= 0.3 is 0 Å². The van der Waals surface area contributed by atoms with Gasteiger partial charge in [-0.15, -0.1) is 0 Å². The lowest BCUT2D eigenvalue weighted by Crippen LogP contribution is -2.74. The van der Waals surface area contributed by atoms with Gasteiger partial charge < -0.3 is 10.2 Å². The van der Waals surface area contributed by atoms with E-state index in [2.05, 4.69) is 0 Å². The van der Waals surface area contributed by atoms with Crippen LogP contribution in [-0.2, 0) is 9.59 Å². The van der Waals surface area contributed by atoms with Crippen LogP contribution in [0.15, 0.2) is 23.8 Å². The van der Waals surface area contributed by atoms with Crippen LogP contribution in [0.25, 0.3) is 0 Å². The maximum atomic E-state index is 17.3. The predicted octanol–water partition coefficient (Wildman–Crippen LogP) is 3.65. The molecule has 0 heterocycles. The van der Waals surface area contributed by atoms with Gasteiger partial charge in [0.05, 0.1) is 6.10 Å². The number of allylic oxidation sites excluding steroid dienone is 4. The number of halogens is 2. The van der Waals surface area contributed by atoms with Gasteiger partial charge in [0.1, 0.15) is 11.8 Å². The average molecular weight is 423 g/mol. The average Bonchev–Trinajstić information content (AvgIpc) is 2.88. The molecule has 30 heavy (non-hydrogen) atoms. The van der Waals surface area contributed by atoms with Crippen LogP contribution in [-0.4, -0.2) is 45.3 Å². The number of hydrogen-bond acceptors (Lipinski definition) is 4. The Morgan fingerprint density at radius 1 is 1.23 bits per heavy atom. The Bertz CT molecular complexity index is 882. The van der Waals surface area contributed by atoms with Crippen LogP contribution in [0.3, 0.4) is 0 Å². The third kappa shape index (κ3) is 2.08. The number of fused-ring (bicyclic) bond motifs is 5. The molecule has 4 aliphatic rings. The summed E-state index contributed by atoms with van der Waals surface area (Å²) in [5.41, 5.74) is -7.75. The first kappa shape index (κ1) is 21.8. The molecule has 3 fully saturated rings. The maximum Gasteiger partial charge on any atom is 0.178 e. The first-order valence-electron chi connectivity index (χ1n) is 11.0. The standard InChI is InChI=1S/C24H32F2O4/c1-6-18(28)23(30)13(2)9-17-21(23,4)12-19(29)24(26)20(3)8-7-14(27)10-15(20)16(25)11-22(17,24)5/h7-8,10,13,16-17,19,29-30H,6,9,11-12H2,1-5H3/t13?,16-,17+,19-,20-,21-,22-,23-,24-/m0/s1. The van der Waals surface area contributed by atoms with Crippen LogP contribution in [0, 0.1) is 28.1 Å². The second kappa shape index (κ2) is 6.10. The Balaban J connectivity index is 1.94. The van der Waals surface area contributed by atoms with Crippen molar-refractivity contribution in [3.8, 4) is 0 Å². The number of hydrogen-bond donors (Lipinski definition) is 2. The molecular weight excluding hydrogens is 390 g/mol. The van der Waals surface area contributed by atoms with E-state index in [4.69, 9.17) is 0 Å². The van der Waals surface area contributed by atoms with Crippen molar-refractivity contribution in [2.75, 3.05) is 0 Å². The largest absolute Gasteiger partial charge is 0.390 e. The van der Waals surface area contributed by atoms with Gasteiger partial charge in [0.15, 0.2) is 17.2 Å². The third-order valence-corrected chi connectivity index (χ3v) is 9.54. The molecule has 4 aliphatic carbocycles. The van der Waals surface area contributed by atoms with Gasteiger partial charge in [-0.1, -0.05) is 33.8 Å². The van der Waals surface area contributed by atoms with E-state index in [0.717, 1.165) is 0 Å². The number of aliphatic hydroxyl groups excluding tert-OH is 1. The molecular formula is C24H32F2O4. The second-order valence-electron chi connectivity index (χ2n) is 10.7. The van der Waals surface area contributed by atoms with E-state index >= 15 is 8.78 Å². The van der Waals surface area contributed by atoms with Crippen molar-refractivity contribution in [3.63, 3.8) is 0 Å². The van der Waals surface area contributed by atoms with E-state index < -0.39 is 51.6 Å². The minimum Gasteiger partial charge on any atom is -0.390 e. The molecule has 3 saturated carbocycles. The van der Waals surface area contributed by atoms with E-state index in [1.165, 1.54) is 18.2 Å². The lowest BCUT2D eigenvalue weighted by atomic mass is 9.38. The summed E-state index contributed by atoms with van der Waals surface area (Å²) in [5.74, 6) is -1.64. The number of carbonyl (C=O) groups is 2. The van der Waals surface area contributed by atoms with Crippen LogP contribution < -0.4 is 0 Å². The monoisotopic (exact) mass is 422 g/mol. The lowest BCUT2D eigenvalue weighted by Gasteiger charge is -2.68. The number of rotatable bonds is 2. The molecule has 0 aromatic heterocycles. The summed E-state index contributed by atoms with van der Waals surface area (Å²) in [6.07, 6.45) is 0.961. The first-order valence-corrected chi connectivity index (χ1v) is 11.0. The molecule has 0 aromatic carbocycles. The van der Waals surface area contributed by atoms with E-state index in [0.29, 0.717) is 6.42 Å². The maximum absolute atomic E-state index is 17.3. The first-order chi connectivity index (χ1) is 13.7. The summed E-state index contributed by atoms with van der Waals surface area (Å²) in [4.78, 5) is 24.8. The van der Waals surface area contributed by atoms with E-state index in [1.54, 1.807) is 34.6 Å². The zero-order chi connectivity index (χ0) is 22.5. The number of aliphatic hydroxyl groups is 2. The molecule has 2 N–H and O–H groups in total. The van der Waals surface area contributed by atoms with Crippen LogP contribution >= 0.6 is 0 Å². The van der Waals surface area contributed by atoms with Gasteiger partial charge in [0.2, 0.25) is 0 Å². The summed E-state index contributed by atoms with van der Waals surface area (Å²) in [5, 5.41) is 22.9. The molecule has 4 nitrogen and oxygen atoms in total. The molecule has 0 bridgehead atoms. The molecule has 0 aliphatic heterocycles. The third-order valence-electron chi connectivity index (χ3n) is 9.54. The fourth-order valence-electron chi connectivity index (χ4n) is 8.07. The van der Waals surface area contributed by atoms with Crippen LogP contribution in [0.2, 0.25) is 0 Å². The molecule has 1 unspecified atom stereocenters. The summed E-state index contributed by atoms with van der Waals surface area (Å²) in [6.45, 7) is 8.44. The van der Waals surface area contributed by atoms with E-state index in [9.17, 15) is 19.8 Å². The Labute approximate surface area is 176 Å². The number of carbonyl (C=O) groups excluding carboxylic acids is 2. The Hall–Kier alpha value is -1.40. The van der Waals surface area contributed by atoms with Gasteiger partial charge in [0, 0.05) is 22.7 Å². The zero-order valence-corrected chi connectivity index (χ0v) is 18.3. The highest BCUT2D eigenvalue weighted by Gasteiger charge is 2.80. The smallest absolute Gasteiger partial charge is 0.178 e. The fraction of sp³-hybridized carbons (Fsp3) is 0.750. The molecule has 6 heteroatoms. The highest BCUT2D eigenvalue weighted by atomic mass is 19.1. The van der Waals surface area contributed by atoms with Crippen molar-refractivity contribution in [1.29, 1.82) is 0 Å². The zero-order valence-electron chi connectivity index (χ0n) is 18.3. The summed E-state index contributed by atoms with van der Waals surface area (Å²) in [7, 11) is 0. The van der Waals surface area contributed by atoms with Crippen molar-refractivity contribution in [2.45, 2.75) is 83.8 Å². The van der Waals surface area contributed by atoms with E-state index in [-0.39, 0.29) is 36.4 Å². The number of Topliss-reactive ketones (excluding diaryl/α,β-unsaturated/α-hetero) is 1. The Morgan fingerprint density at radius 2 is 1.87 bits per heavy atom. The van der Waals surface area contributed by atoms with Crippen molar-refractivity contribution in [1.82, 2.24) is 0 Å². The molecule has 4 rings (SSSR count). The molecule has 9 atom stereocenters. The van der Waals surface area contributed by atoms with Crippen molar-refractivity contribution in [2.24, 2.45) is 28.1 Å². The number of ketones is 2. The van der Waals surface area contributed by atoms with Gasteiger partial charge in [-0.3, -0.25) is 9.59 Å². The Morgan fingerprint density at radius 3 is 2.47 bits per heavy atom. The van der Waals surface area contributed by atoms with Gasteiger partial charge in [-0.05, 0) is 55.7 Å². The summed E-state index contributed by atoms with van der Waals surface area (Å²) in [6, 6.07) is 0. The number of alkyl halides is 2. The second-order valence-corrected chi connectivity index (χ2v) is 10.7. The molecule has 0 aromatic rings. The quantitative estimate of drug-likeness (QED) is 0.712. The van der Waals surface area contributed by atoms with Gasteiger partial charge in [0.25, 0.3) is 0 Å².